The summed E-state index contributed by atoms with van der Waals surface area (Å²) in [5.74, 6) is -1.20. The number of rotatable bonds is 4. The Bertz CT molecular complexity index is 810. The van der Waals surface area contributed by atoms with Crippen LogP contribution in [0.4, 0.5) is 11.4 Å². The zero-order chi connectivity index (χ0) is 17.7. The van der Waals surface area contributed by atoms with E-state index >= 15 is 0 Å². The molecular formula is C15H13BrN4O4. The van der Waals surface area contributed by atoms with E-state index in [1.54, 1.807) is 31.3 Å². The van der Waals surface area contributed by atoms with Gasteiger partial charge in [-0.3, -0.25) is 30.6 Å². The first-order valence-corrected chi connectivity index (χ1v) is 7.54. The molecule has 0 heterocycles. The summed E-state index contributed by atoms with van der Waals surface area (Å²) < 4.78 is 0.572. The number of nitro groups is 1. The van der Waals surface area contributed by atoms with Crippen molar-refractivity contribution < 1.29 is 14.5 Å². The van der Waals surface area contributed by atoms with Gasteiger partial charge in [0, 0.05) is 29.3 Å². The van der Waals surface area contributed by atoms with Gasteiger partial charge in [0.25, 0.3) is 17.5 Å². The second kappa shape index (κ2) is 7.55. The second-order valence-corrected chi connectivity index (χ2v) is 5.48. The molecule has 0 bridgehead atoms. The number of halogens is 1. The number of nitrogens with one attached hydrogen (secondary N) is 3. The molecular weight excluding hydrogens is 380 g/mol. The molecule has 0 radical (unpaired) electrons. The molecule has 0 spiro atoms. The molecule has 0 aliphatic carbocycles. The molecule has 8 nitrogen and oxygen atoms in total. The van der Waals surface area contributed by atoms with Crippen molar-refractivity contribution in [2.24, 2.45) is 0 Å². The lowest BCUT2D eigenvalue weighted by molar-refractivity contribution is -0.384. The van der Waals surface area contributed by atoms with Gasteiger partial charge in [0.15, 0.2) is 0 Å². The predicted octanol–water partition coefficient (Wildman–Crippen LogP) is 2.47. The lowest BCUT2D eigenvalue weighted by Crippen LogP contribution is -2.42. The Kier molecular flexibility index (Phi) is 5.48. The van der Waals surface area contributed by atoms with Gasteiger partial charge in [-0.1, -0.05) is 12.1 Å². The summed E-state index contributed by atoms with van der Waals surface area (Å²) in [5, 5.41) is 13.6. The number of carbonyl (C=O) groups excluding carboxylic acids is 2. The molecule has 2 rings (SSSR count). The second-order valence-electron chi connectivity index (χ2n) is 4.63. The van der Waals surface area contributed by atoms with Crippen LogP contribution in [0.25, 0.3) is 0 Å². The molecule has 0 aromatic heterocycles. The van der Waals surface area contributed by atoms with Crippen LogP contribution in [0.3, 0.4) is 0 Å². The number of anilines is 1. The van der Waals surface area contributed by atoms with E-state index in [9.17, 15) is 19.7 Å². The maximum Gasteiger partial charge on any atom is 0.272 e. The zero-order valence-corrected chi connectivity index (χ0v) is 14.1. The maximum atomic E-state index is 12.2. The minimum Gasteiger partial charge on any atom is -0.387 e. The molecule has 0 atom stereocenters. The highest BCUT2D eigenvalue weighted by molar-refractivity contribution is 9.10. The predicted molar refractivity (Wildman–Crippen MR) is 91.7 cm³/mol. The summed E-state index contributed by atoms with van der Waals surface area (Å²) in [6.45, 7) is 0. The van der Waals surface area contributed by atoms with Crippen molar-refractivity contribution in [1.29, 1.82) is 0 Å². The van der Waals surface area contributed by atoms with Crippen LogP contribution in [-0.4, -0.2) is 23.8 Å². The molecule has 0 unspecified atom stereocenters. The summed E-state index contributed by atoms with van der Waals surface area (Å²) in [6.07, 6.45) is 0. The van der Waals surface area contributed by atoms with Gasteiger partial charge in [-0.15, -0.1) is 0 Å². The number of hydrazine groups is 1. The lowest BCUT2D eigenvalue weighted by atomic mass is 10.1. The van der Waals surface area contributed by atoms with Crippen molar-refractivity contribution in [3.8, 4) is 0 Å². The van der Waals surface area contributed by atoms with Crippen molar-refractivity contribution in [1.82, 2.24) is 10.9 Å². The molecule has 2 aromatic rings. The molecule has 2 aromatic carbocycles. The Labute approximate surface area is 145 Å². The van der Waals surface area contributed by atoms with Gasteiger partial charge in [0.05, 0.1) is 16.1 Å². The molecule has 3 N–H and O–H groups in total. The Morgan fingerprint density at radius 2 is 1.67 bits per heavy atom. The molecule has 0 aliphatic heterocycles. The largest absolute Gasteiger partial charge is 0.387 e. The van der Waals surface area contributed by atoms with Gasteiger partial charge in [0.1, 0.15) is 0 Å². The van der Waals surface area contributed by atoms with Crippen molar-refractivity contribution >= 4 is 39.1 Å². The number of benzene rings is 2. The van der Waals surface area contributed by atoms with Crippen LogP contribution >= 0.6 is 15.9 Å². The fraction of sp³-hybridized carbons (Fsp3) is 0.0667. The highest BCUT2D eigenvalue weighted by Crippen LogP contribution is 2.21. The third-order valence-electron chi connectivity index (χ3n) is 3.14. The third kappa shape index (κ3) is 3.87. The summed E-state index contributed by atoms with van der Waals surface area (Å²) >= 11 is 3.24. The quantitative estimate of drug-likeness (QED) is 0.546. The molecule has 124 valence electrons. The standard InChI is InChI=1S/C15H13BrN4O4/c1-17-13-7-6-9(20(23)24)8-11(13)15(22)19-18-14(21)10-4-2-3-5-12(10)16/h2-8,17H,1H3,(H,18,21)(H,19,22). The topological polar surface area (TPSA) is 113 Å². The van der Waals surface area contributed by atoms with Gasteiger partial charge in [-0.25, -0.2) is 0 Å². The first-order valence-electron chi connectivity index (χ1n) is 6.75. The SMILES string of the molecule is CNc1ccc([N+](=O)[O-])cc1C(=O)NNC(=O)c1ccccc1Br. The number of hydrogen-bond acceptors (Lipinski definition) is 5. The number of amides is 2. The van der Waals surface area contributed by atoms with Crippen LogP contribution < -0.4 is 16.2 Å². The van der Waals surface area contributed by atoms with Crippen LogP contribution in [0.5, 0.6) is 0 Å². The molecule has 0 aliphatic rings. The number of carbonyl (C=O) groups is 2. The summed E-state index contributed by atoms with van der Waals surface area (Å²) in [5.41, 5.74) is 5.07. The Morgan fingerprint density at radius 1 is 1.04 bits per heavy atom. The van der Waals surface area contributed by atoms with E-state index < -0.39 is 16.7 Å². The Morgan fingerprint density at radius 3 is 2.25 bits per heavy atom. The summed E-state index contributed by atoms with van der Waals surface area (Å²) in [4.78, 5) is 34.5. The minimum atomic E-state index is -0.677. The minimum absolute atomic E-state index is 0.0409. The average Bonchev–Trinajstić information content (AvgIpc) is 2.59. The van der Waals surface area contributed by atoms with Crippen LogP contribution in [-0.2, 0) is 0 Å². The van der Waals surface area contributed by atoms with Gasteiger partial charge >= 0.3 is 0 Å². The van der Waals surface area contributed by atoms with Crippen LogP contribution in [0.15, 0.2) is 46.9 Å². The summed E-state index contributed by atoms with van der Waals surface area (Å²) in [7, 11) is 1.58. The number of non-ortho nitro benzene ring substituents is 1. The van der Waals surface area contributed by atoms with E-state index in [-0.39, 0.29) is 11.3 Å². The number of nitro benzene ring substituents is 1. The fourth-order valence-electron chi connectivity index (χ4n) is 1.95. The van der Waals surface area contributed by atoms with Crippen molar-refractivity contribution in [3.05, 3.63) is 68.2 Å². The van der Waals surface area contributed by atoms with E-state index in [1.807, 2.05) is 0 Å². The Hall–Kier alpha value is -2.94. The number of hydrogen-bond donors (Lipinski definition) is 3. The van der Waals surface area contributed by atoms with E-state index in [1.165, 1.54) is 12.1 Å². The van der Waals surface area contributed by atoms with Crippen molar-refractivity contribution in [3.63, 3.8) is 0 Å². The van der Waals surface area contributed by atoms with E-state index in [0.29, 0.717) is 15.7 Å². The van der Waals surface area contributed by atoms with Gasteiger partial charge < -0.3 is 5.32 Å². The first-order chi connectivity index (χ1) is 11.4. The first kappa shape index (κ1) is 17.4. The maximum absolute atomic E-state index is 12.2. The smallest absolute Gasteiger partial charge is 0.272 e. The molecule has 0 saturated heterocycles. The fourth-order valence-corrected chi connectivity index (χ4v) is 2.41. The molecule has 24 heavy (non-hydrogen) atoms. The summed E-state index contributed by atoms with van der Waals surface area (Å²) in [6, 6.07) is 10.5. The highest BCUT2D eigenvalue weighted by Gasteiger charge is 2.17. The van der Waals surface area contributed by atoms with Crippen LogP contribution in [0, 0.1) is 10.1 Å². The molecule has 2 amide bonds. The van der Waals surface area contributed by atoms with Gasteiger partial charge in [0.2, 0.25) is 0 Å². The normalized spacial score (nSPS) is 9.92. The van der Waals surface area contributed by atoms with Crippen LogP contribution in [0.2, 0.25) is 0 Å². The Balaban J connectivity index is 2.15. The lowest BCUT2D eigenvalue weighted by Gasteiger charge is -2.11. The number of nitrogens with zero attached hydrogens (tertiary/aromatic N) is 1. The van der Waals surface area contributed by atoms with Crippen molar-refractivity contribution in [2.75, 3.05) is 12.4 Å². The highest BCUT2D eigenvalue weighted by atomic mass is 79.9. The molecule has 0 saturated carbocycles. The van der Waals surface area contributed by atoms with Crippen LogP contribution in [0.1, 0.15) is 20.7 Å². The van der Waals surface area contributed by atoms with Crippen molar-refractivity contribution in [2.45, 2.75) is 0 Å². The van der Waals surface area contributed by atoms with E-state index in [2.05, 4.69) is 32.1 Å². The molecule has 9 heteroatoms. The van der Waals surface area contributed by atoms with Gasteiger partial charge in [-0.2, -0.15) is 0 Å². The molecule has 0 fully saturated rings. The van der Waals surface area contributed by atoms with E-state index in [4.69, 9.17) is 0 Å². The van der Waals surface area contributed by atoms with Gasteiger partial charge in [-0.05, 0) is 34.1 Å². The monoisotopic (exact) mass is 392 g/mol. The van der Waals surface area contributed by atoms with E-state index in [0.717, 1.165) is 6.07 Å². The zero-order valence-electron chi connectivity index (χ0n) is 12.5. The average molecular weight is 393 g/mol. The third-order valence-corrected chi connectivity index (χ3v) is 3.83.